The number of ether oxygens (including phenoxy) is 2. The zero-order valence-electron chi connectivity index (χ0n) is 33.7. The van der Waals surface area contributed by atoms with E-state index in [1.807, 2.05) is 33.3 Å². The standard InChI is InChI=1S/C40H50F4N8O8/c1-5-20-47-38(57)40(23-59-37(60-24-40)30-31(41)33(43)35(50-51-45)34(44)32(30)42)39(58)48-21-11-10-12-27(52(2,3)4)36(56)46-22-19-25-15-17-26(18-16-25)49-28(53)13-8-6-7-9-14-29(54)55/h1,15-18,27,37H,6-14,19-24H2,2-4H3,(H4-,46,47,48,49,53,54,55,56,57,58)/t27-,37?,40?/m0/s1. The summed E-state index contributed by atoms with van der Waals surface area (Å²) in [6, 6.07) is 6.81. The van der Waals surface area contributed by atoms with E-state index in [4.69, 9.17) is 21.4 Å². The van der Waals surface area contributed by atoms with Crippen LogP contribution in [0.25, 0.3) is 10.4 Å². The van der Waals surface area contributed by atoms with Crippen molar-refractivity contribution >= 4 is 41.0 Å². The Bertz CT molecular complexity index is 1910. The number of hydrogen-bond donors (Lipinski definition) is 4. The summed E-state index contributed by atoms with van der Waals surface area (Å²) in [5.74, 6) is -8.94. The number of hydrogen-bond acceptors (Lipinski definition) is 9. The molecule has 0 unspecified atom stereocenters. The van der Waals surface area contributed by atoms with Crippen molar-refractivity contribution in [3.8, 4) is 12.3 Å². The van der Waals surface area contributed by atoms with Crippen LogP contribution in [0.1, 0.15) is 75.2 Å². The number of likely N-dealkylation sites (N-methyl/N-ethyl adjacent to an activating group) is 1. The lowest BCUT2D eigenvalue weighted by atomic mass is 9.86. The van der Waals surface area contributed by atoms with Crippen molar-refractivity contribution in [2.45, 2.75) is 76.5 Å². The number of carboxylic acids is 1. The number of aliphatic carboxylic acids is 1. The van der Waals surface area contributed by atoms with Crippen LogP contribution < -0.4 is 26.4 Å². The van der Waals surface area contributed by atoms with Gasteiger partial charge < -0.3 is 45.1 Å². The first-order chi connectivity index (χ1) is 28.5. The van der Waals surface area contributed by atoms with E-state index in [1.165, 1.54) is 0 Å². The van der Waals surface area contributed by atoms with Crippen molar-refractivity contribution < 1.29 is 60.6 Å². The third kappa shape index (κ3) is 13.7. The van der Waals surface area contributed by atoms with Crippen LogP contribution in [0.2, 0.25) is 0 Å². The lowest BCUT2D eigenvalue weighted by molar-refractivity contribution is -0.886. The van der Waals surface area contributed by atoms with Crippen molar-refractivity contribution in [2.24, 2.45) is 10.5 Å². The molecule has 2 aromatic carbocycles. The summed E-state index contributed by atoms with van der Waals surface area (Å²) in [4.78, 5) is 64.8. The molecule has 1 aliphatic heterocycles. The summed E-state index contributed by atoms with van der Waals surface area (Å²) in [5, 5.41) is 23.9. The Morgan fingerprint density at radius 2 is 1.48 bits per heavy atom. The number of amides is 4. The van der Waals surface area contributed by atoms with Crippen LogP contribution in [0.15, 0.2) is 29.4 Å². The Balaban J connectivity index is 1.50. The summed E-state index contributed by atoms with van der Waals surface area (Å²) in [5.41, 5.74) is 5.08. The molecule has 0 saturated carbocycles. The molecule has 0 aromatic heterocycles. The highest BCUT2D eigenvalue weighted by atomic mass is 19.2. The van der Waals surface area contributed by atoms with E-state index in [2.05, 4.69) is 37.2 Å². The number of carbonyl (C=O) groups excluding carboxylic acids is 5. The minimum atomic E-state index is -2.12. The molecule has 4 amide bonds. The third-order valence-corrected chi connectivity index (χ3v) is 9.75. The first-order valence-corrected chi connectivity index (χ1v) is 19.3. The van der Waals surface area contributed by atoms with Gasteiger partial charge in [0.2, 0.25) is 17.7 Å². The fraction of sp³-hybridized carbons (Fsp3) is 0.525. The molecule has 0 radical (unpaired) electrons. The number of carbonyl (C=O) groups is 5. The SMILES string of the molecule is C#CCNC(=O)C1(C(=O)NCCCC[C@@H](C(=O)NCCc2ccc(NC(=O)CCCCCCC(=O)[O-])cc2)[N+](C)(C)C)COC(c2c(F)c(F)c(N=[N+]=[N-])c(F)c2F)OC1. The van der Waals surface area contributed by atoms with Crippen LogP contribution >= 0.6 is 0 Å². The molecule has 1 heterocycles. The Hall–Kier alpha value is -5.74. The summed E-state index contributed by atoms with van der Waals surface area (Å²) >= 11 is 0. The number of anilines is 1. The number of carboxylic acid groups (broad SMARTS) is 1. The average molecular weight is 847 g/mol. The topological polar surface area (TPSA) is 224 Å². The molecule has 326 valence electrons. The van der Waals surface area contributed by atoms with Gasteiger partial charge in [0.05, 0.1) is 46.5 Å². The van der Waals surface area contributed by atoms with E-state index in [-0.39, 0.29) is 31.3 Å². The van der Waals surface area contributed by atoms with E-state index in [9.17, 15) is 46.6 Å². The molecule has 0 aliphatic carbocycles. The molecule has 20 heteroatoms. The Labute approximate surface area is 344 Å². The summed E-state index contributed by atoms with van der Waals surface area (Å²) in [6.07, 6.45) is 7.97. The number of halogens is 4. The second-order valence-corrected chi connectivity index (χ2v) is 15.1. The van der Waals surface area contributed by atoms with Crippen molar-refractivity contribution in [1.29, 1.82) is 0 Å². The van der Waals surface area contributed by atoms with Crippen molar-refractivity contribution in [2.75, 3.05) is 59.3 Å². The first-order valence-electron chi connectivity index (χ1n) is 19.3. The minimum absolute atomic E-state index is 0.0148. The molecule has 1 saturated heterocycles. The van der Waals surface area contributed by atoms with Crippen LogP contribution in [0.3, 0.4) is 0 Å². The number of benzene rings is 2. The number of quaternary nitrogens is 1. The summed E-state index contributed by atoms with van der Waals surface area (Å²) < 4.78 is 69.4. The zero-order valence-corrected chi connectivity index (χ0v) is 33.7. The van der Waals surface area contributed by atoms with Gasteiger partial charge in [-0.2, -0.15) is 0 Å². The number of nitrogens with zero attached hydrogens (tertiary/aromatic N) is 4. The fourth-order valence-electron chi connectivity index (χ4n) is 6.37. The lowest BCUT2D eigenvalue weighted by Crippen LogP contribution is -2.59. The zero-order chi connectivity index (χ0) is 44.5. The number of azide groups is 1. The second kappa shape index (κ2) is 23.2. The highest BCUT2D eigenvalue weighted by molar-refractivity contribution is 6.05. The molecule has 4 N–H and O–H groups in total. The minimum Gasteiger partial charge on any atom is -0.550 e. The number of unbranched alkanes of at least 4 members (excludes halogenated alkanes) is 4. The summed E-state index contributed by atoms with van der Waals surface area (Å²) in [7, 11) is 5.63. The van der Waals surface area contributed by atoms with Gasteiger partial charge in [-0.05, 0) is 61.8 Å². The van der Waals surface area contributed by atoms with Crippen LogP contribution in [-0.2, 0) is 39.9 Å². The third-order valence-electron chi connectivity index (χ3n) is 9.75. The Morgan fingerprint density at radius 3 is 2.05 bits per heavy atom. The monoisotopic (exact) mass is 846 g/mol. The van der Waals surface area contributed by atoms with Gasteiger partial charge in [-0.3, -0.25) is 19.2 Å². The largest absolute Gasteiger partial charge is 0.550 e. The van der Waals surface area contributed by atoms with Gasteiger partial charge in [0, 0.05) is 42.5 Å². The van der Waals surface area contributed by atoms with E-state index >= 15 is 0 Å². The second-order valence-electron chi connectivity index (χ2n) is 15.1. The number of nitrogens with one attached hydrogen (secondary N) is 4. The molecule has 0 bridgehead atoms. The molecule has 0 spiro atoms. The molecule has 2 aromatic rings. The van der Waals surface area contributed by atoms with E-state index in [0.717, 1.165) is 12.0 Å². The maximum Gasteiger partial charge on any atom is 0.278 e. The van der Waals surface area contributed by atoms with Gasteiger partial charge in [-0.25, -0.2) is 17.6 Å². The van der Waals surface area contributed by atoms with E-state index in [0.29, 0.717) is 68.1 Å². The molecular formula is C40H50F4N8O8. The Morgan fingerprint density at radius 1 is 0.883 bits per heavy atom. The average Bonchev–Trinajstić information content (AvgIpc) is 3.20. The maximum atomic E-state index is 14.8. The predicted octanol–water partition coefficient (Wildman–Crippen LogP) is 3.72. The highest BCUT2D eigenvalue weighted by Gasteiger charge is 2.51. The Kier molecular flexibility index (Phi) is 18.8. The molecular weight excluding hydrogens is 796 g/mol. The van der Waals surface area contributed by atoms with Crippen molar-refractivity contribution in [3.63, 3.8) is 0 Å². The lowest BCUT2D eigenvalue weighted by Gasteiger charge is -2.37. The first kappa shape index (κ1) is 48.6. The van der Waals surface area contributed by atoms with Gasteiger partial charge in [0.1, 0.15) is 5.69 Å². The molecule has 60 heavy (non-hydrogen) atoms. The quantitative estimate of drug-likeness (QED) is 0.0148. The van der Waals surface area contributed by atoms with Gasteiger partial charge in [0.15, 0.2) is 41.0 Å². The van der Waals surface area contributed by atoms with Crippen LogP contribution in [0, 0.1) is 41.0 Å². The van der Waals surface area contributed by atoms with E-state index < -0.39 is 83.3 Å². The molecule has 1 fully saturated rings. The molecule has 3 rings (SSSR count). The van der Waals surface area contributed by atoms with Gasteiger partial charge in [-0.1, -0.05) is 36.0 Å². The molecule has 16 nitrogen and oxygen atoms in total. The normalized spacial score (nSPS) is 16.7. The van der Waals surface area contributed by atoms with Crippen molar-refractivity contribution in [1.82, 2.24) is 16.0 Å². The summed E-state index contributed by atoms with van der Waals surface area (Å²) in [6.45, 7) is -1.55. The fourth-order valence-corrected chi connectivity index (χ4v) is 6.37. The van der Waals surface area contributed by atoms with Gasteiger partial charge in [0.25, 0.3) is 5.91 Å². The van der Waals surface area contributed by atoms with E-state index in [1.54, 1.807) is 12.1 Å². The molecule has 1 atom stereocenters. The molecule has 1 aliphatic rings. The van der Waals surface area contributed by atoms with Gasteiger partial charge >= 0.3 is 0 Å². The predicted molar refractivity (Wildman–Crippen MR) is 207 cm³/mol. The number of terminal acetylenes is 1. The smallest absolute Gasteiger partial charge is 0.278 e. The van der Waals surface area contributed by atoms with Gasteiger partial charge in [-0.15, -0.1) is 6.42 Å². The highest BCUT2D eigenvalue weighted by Crippen LogP contribution is 2.39. The van der Waals surface area contributed by atoms with Crippen LogP contribution in [0.5, 0.6) is 0 Å². The van der Waals surface area contributed by atoms with Crippen LogP contribution in [0.4, 0.5) is 28.9 Å². The van der Waals surface area contributed by atoms with Crippen molar-refractivity contribution in [3.05, 3.63) is 69.1 Å². The maximum absolute atomic E-state index is 14.8. The van der Waals surface area contributed by atoms with Crippen LogP contribution in [-0.4, -0.2) is 94.1 Å². The number of rotatable bonds is 23.